The van der Waals surface area contributed by atoms with E-state index in [9.17, 15) is 4.79 Å². The van der Waals surface area contributed by atoms with E-state index in [1.54, 1.807) is 12.1 Å². The second kappa shape index (κ2) is 2.82. The molecule has 1 aromatic carbocycles. The Kier molecular flexibility index (Phi) is 1.66. The Morgan fingerprint density at radius 3 is 3.00 bits per heavy atom. The number of para-hydroxylation sites is 1. The third-order valence-electron chi connectivity index (χ3n) is 1.74. The summed E-state index contributed by atoms with van der Waals surface area (Å²) >= 11 is 0. The van der Waals surface area contributed by atoms with Crippen molar-refractivity contribution in [3.8, 4) is 0 Å². The van der Waals surface area contributed by atoms with Crippen LogP contribution in [0, 0.1) is 0 Å². The van der Waals surface area contributed by atoms with Crippen LogP contribution < -0.4 is 0 Å². The SMILES string of the molecule is C=CC(=O)n1nnc2ccccc21. The van der Waals surface area contributed by atoms with Gasteiger partial charge in [-0.15, -0.1) is 5.10 Å². The van der Waals surface area contributed by atoms with Crippen molar-refractivity contribution in [3.63, 3.8) is 0 Å². The van der Waals surface area contributed by atoms with E-state index >= 15 is 0 Å². The lowest BCUT2D eigenvalue weighted by Crippen LogP contribution is -2.08. The fourth-order valence-electron chi connectivity index (χ4n) is 1.12. The molecule has 0 bridgehead atoms. The van der Waals surface area contributed by atoms with Crippen LogP contribution in [0.4, 0.5) is 0 Å². The molecule has 0 aliphatic carbocycles. The third-order valence-corrected chi connectivity index (χ3v) is 1.74. The van der Waals surface area contributed by atoms with Gasteiger partial charge in [0, 0.05) is 0 Å². The van der Waals surface area contributed by atoms with Crippen LogP contribution in [-0.4, -0.2) is 20.9 Å². The molecule has 64 valence electrons. The van der Waals surface area contributed by atoms with Gasteiger partial charge in [0.25, 0.3) is 5.91 Å². The van der Waals surface area contributed by atoms with E-state index in [0.717, 1.165) is 0 Å². The maximum absolute atomic E-state index is 11.2. The van der Waals surface area contributed by atoms with E-state index in [2.05, 4.69) is 16.9 Å². The predicted octanol–water partition coefficient (Wildman–Crippen LogP) is 1.26. The zero-order valence-electron chi connectivity index (χ0n) is 6.84. The smallest absolute Gasteiger partial charge is 0.267 e. The van der Waals surface area contributed by atoms with Crippen LogP contribution in [0.15, 0.2) is 36.9 Å². The highest BCUT2D eigenvalue weighted by molar-refractivity contribution is 5.95. The van der Waals surface area contributed by atoms with Crippen LogP contribution in [0.5, 0.6) is 0 Å². The first kappa shape index (κ1) is 7.67. The molecule has 4 heteroatoms. The number of fused-ring (bicyclic) bond motifs is 1. The van der Waals surface area contributed by atoms with Gasteiger partial charge in [-0.3, -0.25) is 4.79 Å². The second-order valence-electron chi connectivity index (χ2n) is 2.53. The van der Waals surface area contributed by atoms with Crippen LogP contribution in [0.1, 0.15) is 4.79 Å². The van der Waals surface area contributed by atoms with Crippen LogP contribution in [0.25, 0.3) is 11.0 Å². The van der Waals surface area contributed by atoms with Gasteiger partial charge in [0.1, 0.15) is 5.52 Å². The summed E-state index contributed by atoms with van der Waals surface area (Å²) in [5, 5.41) is 7.54. The summed E-state index contributed by atoms with van der Waals surface area (Å²) < 4.78 is 1.22. The van der Waals surface area contributed by atoms with Gasteiger partial charge >= 0.3 is 0 Å². The normalized spacial score (nSPS) is 10.2. The number of nitrogens with zero attached hydrogens (tertiary/aromatic N) is 3. The fourth-order valence-corrected chi connectivity index (χ4v) is 1.12. The lowest BCUT2D eigenvalue weighted by Gasteiger charge is -1.93. The minimum atomic E-state index is -0.270. The van der Waals surface area contributed by atoms with Gasteiger partial charge in [-0.25, -0.2) is 0 Å². The Morgan fingerprint density at radius 2 is 2.23 bits per heavy atom. The highest BCUT2D eigenvalue weighted by Crippen LogP contribution is 2.09. The Hall–Kier alpha value is -1.97. The number of hydrogen-bond acceptors (Lipinski definition) is 3. The first-order valence-corrected chi connectivity index (χ1v) is 3.80. The Morgan fingerprint density at radius 1 is 1.46 bits per heavy atom. The predicted molar refractivity (Wildman–Crippen MR) is 48.4 cm³/mol. The minimum Gasteiger partial charge on any atom is -0.267 e. The summed E-state index contributed by atoms with van der Waals surface area (Å²) in [5.41, 5.74) is 1.41. The Bertz CT molecular complexity index is 472. The molecule has 4 nitrogen and oxygen atoms in total. The molecule has 13 heavy (non-hydrogen) atoms. The van der Waals surface area contributed by atoms with Gasteiger partial charge < -0.3 is 0 Å². The largest absolute Gasteiger partial charge is 0.272 e. The topological polar surface area (TPSA) is 47.8 Å². The lowest BCUT2D eigenvalue weighted by molar-refractivity contribution is 0.0957. The van der Waals surface area contributed by atoms with Gasteiger partial charge in [0.2, 0.25) is 0 Å². The maximum Gasteiger partial charge on any atom is 0.272 e. The highest BCUT2D eigenvalue weighted by atomic mass is 16.2. The number of allylic oxidation sites excluding steroid dienone is 1. The molecule has 0 aliphatic rings. The van der Waals surface area contributed by atoms with Crippen molar-refractivity contribution < 1.29 is 4.79 Å². The van der Waals surface area contributed by atoms with Gasteiger partial charge in [-0.05, 0) is 18.2 Å². The quantitative estimate of drug-likeness (QED) is 0.610. The lowest BCUT2D eigenvalue weighted by atomic mass is 10.3. The molecule has 0 N–H and O–H groups in total. The standard InChI is InChI=1S/C9H7N3O/c1-2-9(13)12-8-6-4-3-5-7(8)10-11-12/h2-6H,1H2. The molecule has 0 fully saturated rings. The molecule has 0 spiro atoms. The average molecular weight is 173 g/mol. The van der Waals surface area contributed by atoms with E-state index in [0.29, 0.717) is 11.0 Å². The van der Waals surface area contributed by atoms with Gasteiger partial charge in [0.05, 0.1) is 5.52 Å². The molecular weight excluding hydrogens is 166 g/mol. The minimum absolute atomic E-state index is 0.270. The van der Waals surface area contributed by atoms with Crippen LogP contribution in [-0.2, 0) is 0 Å². The number of aromatic nitrogens is 3. The molecule has 0 radical (unpaired) electrons. The number of rotatable bonds is 1. The first-order valence-electron chi connectivity index (χ1n) is 3.80. The average Bonchev–Trinajstić information content (AvgIpc) is 2.60. The summed E-state index contributed by atoms with van der Waals surface area (Å²) in [6.45, 7) is 3.39. The Labute approximate surface area is 74.5 Å². The molecule has 1 aromatic heterocycles. The summed E-state index contributed by atoms with van der Waals surface area (Å²) in [6, 6.07) is 7.27. The van der Waals surface area contributed by atoms with Crippen molar-refractivity contribution in [2.75, 3.05) is 0 Å². The van der Waals surface area contributed by atoms with Gasteiger partial charge in [-0.2, -0.15) is 4.68 Å². The molecule has 0 saturated carbocycles. The van der Waals surface area contributed by atoms with E-state index in [-0.39, 0.29) is 5.91 Å². The van der Waals surface area contributed by atoms with Crippen molar-refractivity contribution >= 4 is 16.9 Å². The highest BCUT2D eigenvalue weighted by Gasteiger charge is 2.06. The summed E-state index contributed by atoms with van der Waals surface area (Å²) in [4.78, 5) is 11.2. The molecule has 1 heterocycles. The van der Waals surface area contributed by atoms with E-state index in [1.807, 2.05) is 12.1 Å². The molecule has 0 saturated heterocycles. The first-order chi connectivity index (χ1) is 6.33. The number of carbonyl (C=O) groups excluding carboxylic acids is 1. The van der Waals surface area contributed by atoms with E-state index in [1.165, 1.54) is 10.8 Å². The van der Waals surface area contributed by atoms with Crippen LogP contribution in [0.2, 0.25) is 0 Å². The van der Waals surface area contributed by atoms with Gasteiger partial charge in [-0.1, -0.05) is 23.9 Å². The molecule has 0 amide bonds. The van der Waals surface area contributed by atoms with Gasteiger partial charge in [0.15, 0.2) is 0 Å². The number of carbonyl (C=O) groups is 1. The molecule has 0 unspecified atom stereocenters. The molecule has 2 rings (SSSR count). The summed E-state index contributed by atoms with van der Waals surface area (Å²) in [5.74, 6) is -0.270. The molecule has 0 aliphatic heterocycles. The number of benzene rings is 1. The van der Waals surface area contributed by atoms with E-state index < -0.39 is 0 Å². The molecule has 2 aromatic rings. The van der Waals surface area contributed by atoms with Crippen LogP contribution in [0.3, 0.4) is 0 Å². The van der Waals surface area contributed by atoms with Crippen molar-refractivity contribution in [2.45, 2.75) is 0 Å². The van der Waals surface area contributed by atoms with Crippen LogP contribution >= 0.6 is 0 Å². The second-order valence-corrected chi connectivity index (χ2v) is 2.53. The monoisotopic (exact) mass is 173 g/mol. The molecule has 0 atom stereocenters. The molecular formula is C9H7N3O. The van der Waals surface area contributed by atoms with Crippen molar-refractivity contribution in [1.82, 2.24) is 15.0 Å². The van der Waals surface area contributed by atoms with Crippen molar-refractivity contribution in [3.05, 3.63) is 36.9 Å². The zero-order chi connectivity index (χ0) is 9.26. The fraction of sp³-hybridized carbons (Fsp3) is 0. The summed E-state index contributed by atoms with van der Waals surface area (Å²) in [7, 11) is 0. The maximum atomic E-state index is 11.2. The van der Waals surface area contributed by atoms with E-state index in [4.69, 9.17) is 0 Å². The zero-order valence-corrected chi connectivity index (χ0v) is 6.84. The summed E-state index contributed by atoms with van der Waals surface area (Å²) in [6.07, 6.45) is 1.21. The Balaban J connectivity index is 2.71. The van der Waals surface area contributed by atoms with Crippen molar-refractivity contribution in [1.29, 1.82) is 0 Å². The van der Waals surface area contributed by atoms with Crippen molar-refractivity contribution in [2.24, 2.45) is 0 Å². The third kappa shape index (κ3) is 1.12. The number of hydrogen-bond donors (Lipinski definition) is 0.